The summed E-state index contributed by atoms with van der Waals surface area (Å²) in [5.41, 5.74) is 1.97. The molecular weight excluding hydrogens is 559 g/mol. The van der Waals surface area contributed by atoms with Gasteiger partial charge in [-0.1, -0.05) is 18.1 Å². The lowest BCUT2D eigenvalue weighted by atomic mass is 10.0. The summed E-state index contributed by atoms with van der Waals surface area (Å²) in [4.78, 5) is 42.8. The van der Waals surface area contributed by atoms with Crippen molar-refractivity contribution >= 4 is 35.0 Å². The minimum Gasteiger partial charge on any atom is -0.491 e. The molecule has 3 aromatic rings. The summed E-state index contributed by atoms with van der Waals surface area (Å²) in [5.74, 6) is -0.202. The van der Waals surface area contributed by atoms with Crippen LogP contribution in [0.2, 0.25) is 0 Å². The van der Waals surface area contributed by atoms with E-state index in [1.54, 1.807) is 51.1 Å². The van der Waals surface area contributed by atoms with E-state index in [-0.39, 0.29) is 54.1 Å². The number of urea groups is 2. The summed E-state index contributed by atoms with van der Waals surface area (Å²) < 4.78 is 30.6. The number of aromatic nitrogens is 1. The zero-order chi connectivity index (χ0) is 31.3. The van der Waals surface area contributed by atoms with Gasteiger partial charge in [-0.3, -0.25) is 4.79 Å². The van der Waals surface area contributed by atoms with Crippen LogP contribution in [-0.4, -0.2) is 78.9 Å². The maximum absolute atomic E-state index is 13.6. The summed E-state index contributed by atoms with van der Waals surface area (Å²) in [5, 5.41) is 12.1. The zero-order valence-corrected chi connectivity index (χ0v) is 25.1. The monoisotopic (exact) mass is 596 g/mol. The van der Waals surface area contributed by atoms with Crippen LogP contribution in [-0.2, 0) is 4.74 Å². The molecule has 0 radical (unpaired) electrons. The molecule has 3 atom stereocenters. The van der Waals surface area contributed by atoms with Crippen LogP contribution in [0.3, 0.4) is 0 Å². The largest absolute Gasteiger partial charge is 0.491 e. The molecule has 230 valence electrons. The molecule has 0 bridgehead atoms. The Morgan fingerprint density at radius 2 is 1.77 bits per heavy atom. The van der Waals surface area contributed by atoms with Crippen molar-refractivity contribution in [3.63, 3.8) is 0 Å². The maximum Gasteiger partial charge on any atom is 0.323 e. The molecule has 1 aliphatic heterocycles. The number of anilines is 3. The number of carbonyl (C=O) groups is 3. The number of methoxy groups -OCH3 is 1. The SMILES string of the molecule is CO[C@@H]1CN(C)C(=O)c2ccc(NC(=O)Nc3cccc(F)c3)cc2OC[C@@H](C)N(C(=O)Nc2c(C)noc2C)C[C@H]1C. The predicted octanol–water partition coefficient (Wildman–Crippen LogP) is 5.11. The molecule has 4 rings (SSSR count). The number of nitrogens with zero attached hydrogens (tertiary/aromatic N) is 3. The van der Waals surface area contributed by atoms with Gasteiger partial charge in [0.2, 0.25) is 0 Å². The van der Waals surface area contributed by atoms with E-state index in [9.17, 15) is 18.8 Å². The third-order valence-corrected chi connectivity index (χ3v) is 7.31. The van der Waals surface area contributed by atoms with Gasteiger partial charge in [0.25, 0.3) is 5.91 Å². The van der Waals surface area contributed by atoms with E-state index >= 15 is 0 Å². The molecule has 0 fully saturated rings. The molecule has 1 aliphatic rings. The van der Waals surface area contributed by atoms with Crippen molar-refractivity contribution in [2.75, 3.05) is 49.8 Å². The van der Waals surface area contributed by atoms with Gasteiger partial charge in [0, 0.05) is 50.6 Å². The summed E-state index contributed by atoms with van der Waals surface area (Å²) in [6.45, 7) is 7.89. The maximum atomic E-state index is 13.6. The number of rotatable bonds is 4. The highest BCUT2D eigenvalue weighted by atomic mass is 19.1. The molecule has 0 saturated carbocycles. The molecule has 12 nitrogen and oxygen atoms in total. The van der Waals surface area contributed by atoms with Gasteiger partial charge in [-0.15, -0.1) is 0 Å². The van der Waals surface area contributed by atoms with E-state index in [0.717, 1.165) is 0 Å². The average molecular weight is 597 g/mol. The van der Waals surface area contributed by atoms with Crippen molar-refractivity contribution in [3.8, 4) is 5.75 Å². The van der Waals surface area contributed by atoms with Gasteiger partial charge in [0.1, 0.15) is 29.6 Å². The van der Waals surface area contributed by atoms with Crippen LogP contribution < -0.4 is 20.7 Å². The number of carbonyl (C=O) groups excluding carboxylic acids is 3. The average Bonchev–Trinajstić information content (AvgIpc) is 3.28. The topological polar surface area (TPSA) is 138 Å². The van der Waals surface area contributed by atoms with Crippen LogP contribution >= 0.6 is 0 Å². The molecular formula is C30H37FN6O6. The van der Waals surface area contributed by atoms with Crippen LogP contribution in [0.5, 0.6) is 5.75 Å². The van der Waals surface area contributed by atoms with Crippen LogP contribution in [0.1, 0.15) is 35.7 Å². The fourth-order valence-corrected chi connectivity index (χ4v) is 4.83. The van der Waals surface area contributed by atoms with Crippen LogP contribution in [0, 0.1) is 25.6 Å². The lowest BCUT2D eigenvalue weighted by Gasteiger charge is -2.36. The molecule has 0 unspecified atom stereocenters. The summed E-state index contributed by atoms with van der Waals surface area (Å²) in [6.07, 6.45) is -0.369. The van der Waals surface area contributed by atoms with Crippen molar-refractivity contribution in [1.29, 1.82) is 0 Å². The molecule has 2 aromatic carbocycles. The van der Waals surface area contributed by atoms with Gasteiger partial charge in [0.05, 0.1) is 17.7 Å². The molecule has 13 heteroatoms. The number of nitrogens with one attached hydrogen (secondary N) is 3. The highest BCUT2D eigenvalue weighted by Crippen LogP contribution is 2.28. The minimum absolute atomic E-state index is 0.0440. The lowest BCUT2D eigenvalue weighted by Crippen LogP contribution is -2.50. The van der Waals surface area contributed by atoms with E-state index in [1.165, 1.54) is 29.2 Å². The minimum atomic E-state index is -0.602. The van der Waals surface area contributed by atoms with Gasteiger partial charge in [-0.2, -0.15) is 0 Å². The number of aryl methyl sites for hydroxylation is 2. The number of ether oxygens (including phenoxy) is 2. The Labute approximate surface area is 249 Å². The predicted molar refractivity (Wildman–Crippen MR) is 159 cm³/mol. The summed E-state index contributed by atoms with van der Waals surface area (Å²) in [7, 11) is 3.24. The first-order chi connectivity index (χ1) is 20.5. The second kappa shape index (κ2) is 13.6. The van der Waals surface area contributed by atoms with Crippen molar-refractivity contribution in [2.45, 2.75) is 39.8 Å². The van der Waals surface area contributed by atoms with Gasteiger partial charge in [-0.05, 0) is 51.1 Å². The molecule has 3 N–H and O–H groups in total. The Balaban J connectivity index is 1.60. The fraction of sp³-hybridized carbons (Fsp3) is 0.400. The fourth-order valence-electron chi connectivity index (χ4n) is 4.83. The first-order valence-corrected chi connectivity index (χ1v) is 13.9. The highest BCUT2D eigenvalue weighted by Gasteiger charge is 2.31. The van der Waals surface area contributed by atoms with Crippen LogP contribution in [0.4, 0.5) is 31.0 Å². The lowest BCUT2D eigenvalue weighted by molar-refractivity contribution is 0.0174. The quantitative estimate of drug-likeness (QED) is 0.380. The standard InChI is InChI=1S/C30H37FN6O6/c1-17-14-37(30(40)34-27-19(3)35-43-20(27)4)18(2)16-42-25-13-23(33-29(39)32-22-9-7-8-21(31)12-22)10-11-24(25)28(38)36(5)15-26(17)41-6/h7-13,17-18,26H,14-16H2,1-6H3,(H,34,40)(H2,32,33,39)/t17-,18-,26-/m1/s1. The normalized spacial score (nSPS) is 19.4. The number of likely N-dealkylation sites (N-methyl/N-ethyl adjacent to an activating group) is 1. The number of halogens is 1. The third kappa shape index (κ3) is 7.60. The second-order valence-corrected chi connectivity index (χ2v) is 10.7. The van der Waals surface area contributed by atoms with Crippen molar-refractivity contribution in [3.05, 3.63) is 65.3 Å². The van der Waals surface area contributed by atoms with Crippen molar-refractivity contribution in [2.24, 2.45) is 5.92 Å². The van der Waals surface area contributed by atoms with Gasteiger partial charge >= 0.3 is 12.1 Å². The van der Waals surface area contributed by atoms with Gasteiger partial charge in [0.15, 0.2) is 5.76 Å². The number of fused-ring (bicyclic) bond motifs is 1. The Bertz CT molecular complexity index is 1460. The summed E-state index contributed by atoms with van der Waals surface area (Å²) in [6, 6.07) is 8.79. The van der Waals surface area contributed by atoms with E-state index in [1.807, 2.05) is 13.8 Å². The van der Waals surface area contributed by atoms with E-state index in [2.05, 4.69) is 21.1 Å². The van der Waals surface area contributed by atoms with E-state index in [0.29, 0.717) is 29.4 Å². The molecule has 2 heterocycles. The Morgan fingerprint density at radius 1 is 1.05 bits per heavy atom. The van der Waals surface area contributed by atoms with Crippen LogP contribution in [0.25, 0.3) is 0 Å². The second-order valence-electron chi connectivity index (χ2n) is 10.7. The molecule has 0 spiro atoms. The first-order valence-electron chi connectivity index (χ1n) is 13.9. The Morgan fingerprint density at radius 3 is 2.42 bits per heavy atom. The van der Waals surface area contributed by atoms with E-state index in [4.69, 9.17) is 14.0 Å². The molecule has 0 saturated heterocycles. The van der Waals surface area contributed by atoms with Crippen molar-refractivity contribution in [1.82, 2.24) is 15.0 Å². The molecule has 1 aromatic heterocycles. The van der Waals surface area contributed by atoms with Gasteiger partial charge in [-0.25, -0.2) is 14.0 Å². The molecule has 5 amide bonds. The van der Waals surface area contributed by atoms with Crippen LogP contribution in [0.15, 0.2) is 47.0 Å². The molecule has 43 heavy (non-hydrogen) atoms. The Hall–Kier alpha value is -4.65. The number of amides is 5. The molecule has 0 aliphatic carbocycles. The Kier molecular flexibility index (Phi) is 9.86. The first kappa shape index (κ1) is 31.3. The van der Waals surface area contributed by atoms with Gasteiger partial charge < -0.3 is 39.7 Å². The van der Waals surface area contributed by atoms with E-state index < -0.39 is 17.9 Å². The number of hydrogen-bond donors (Lipinski definition) is 3. The smallest absolute Gasteiger partial charge is 0.323 e. The highest BCUT2D eigenvalue weighted by molar-refractivity contribution is 6.01. The third-order valence-electron chi connectivity index (χ3n) is 7.31. The zero-order valence-electron chi connectivity index (χ0n) is 25.1. The van der Waals surface area contributed by atoms with Crippen molar-refractivity contribution < 1.29 is 32.8 Å². The summed E-state index contributed by atoms with van der Waals surface area (Å²) >= 11 is 0. The number of benzene rings is 2. The number of hydrogen-bond acceptors (Lipinski definition) is 7.